The molecule has 0 saturated carbocycles. The maximum atomic E-state index is 8.63. The van der Waals surface area contributed by atoms with E-state index in [2.05, 4.69) is 4.74 Å². The van der Waals surface area contributed by atoms with Crippen molar-refractivity contribution in [1.82, 2.24) is 0 Å². The summed E-state index contributed by atoms with van der Waals surface area (Å²) in [4.78, 5) is 0. The van der Waals surface area contributed by atoms with E-state index in [-0.39, 0.29) is 12.1 Å². The molecule has 7 nitrogen and oxygen atoms in total. The van der Waals surface area contributed by atoms with Gasteiger partial charge in [0.1, 0.15) is 0 Å². The lowest BCUT2D eigenvalue weighted by molar-refractivity contribution is 0.222. The van der Waals surface area contributed by atoms with E-state index < -0.39 is 10.4 Å². The normalized spacial score (nSPS) is 10.1. The fourth-order valence-electron chi connectivity index (χ4n) is 0.254. The molecular formula is C4H11N2O5S-. The van der Waals surface area contributed by atoms with Crippen molar-refractivity contribution in [3.63, 3.8) is 0 Å². The Morgan fingerprint density at radius 3 is 1.92 bits per heavy atom. The summed E-state index contributed by atoms with van der Waals surface area (Å²) < 4.78 is 37.4. The molecule has 0 aromatic rings. The second-order valence-corrected chi connectivity index (χ2v) is 2.81. The number of nitrogens with one attached hydrogen (secondary N) is 1. The van der Waals surface area contributed by atoms with Gasteiger partial charge in [0.05, 0.1) is 6.10 Å². The van der Waals surface area contributed by atoms with Crippen LogP contribution >= 0.6 is 0 Å². The third kappa shape index (κ3) is 61.4. The Kier molecular flexibility index (Phi) is 6.57. The predicted octanol–water partition coefficient (Wildman–Crippen LogP) is -0.691. The minimum absolute atomic E-state index is 0.0255. The Labute approximate surface area is 70.6 Å². The zero-order chi connectivity index (χ0) is 10.4. The highest BCUT2D eigenvalue weighted by atomic mass is 32.3. The van der Waals surface area contributed by atoms with Gasteiger partial charge >= 0.3 is 0 Å². The zero-order valence-electron chi connectivity index (χ0n) is 6.64. The standard InChI is InChI=1S/C4H10N2O.H2O4S/c1-3(2)7-4(5)6;1-5(2,3)4/h3H,1-2H3,(H3,5,6);(H2,1,2,3,4)/p-1. The first-order chi connectivity index (χ1) is 5.13. The molecule has 0 heterocycles. The van der Waals surface area contributed by atoms with Crippen molar-refractivity contribution in [3.05, 3.63) is 0 Å². The molecule has 8 heteroatoms. The van der Waals surface area contributed by atoms with E-state index in [1.165, 1.54) is 0 Å². The van der Waals surface area contributed by atoms with E-state index in [1.54, 1.807) is 0 Å². The summed E-state index contributed by atoms with van der Waals surface area (Å²) in [6, 6.07) is -0.213. The highest BCUT2D eigenvalue weighted by Gasteiger charge is 1.90. The van der Waals surface area contributed by atoms with Gasteiger partial charge in [-0.3, -0.25) is 9.96 Å². The lowest BCUT2D eigenvalue weighted by atomic mass is 10.5. The molecule has 0 aliphatic carbocycles. The van der Waals surface area contributed by atoms with Crippen LogP contribution < -0.4 is 5.73 Å². The van der Waals surface area contributed by atoms with Crippen LogP contribution in [-0.2, 0) is 15.1 Å². The molecule has 0 rings (SSSR count). The van der Waals surface area contributed by atoms with Crippen LogP contribution in [0, 0.1) is 5.41 Å². The van der Waals surface area contributed by atoms with Crippen LogP contribution in [-0.4, -0.2) is 29.6 Å². The van der Waals surface area contributed by atoms with Crippen LogP contribution in [0.3, 0.4) is 0 Å². The van der Waals surface area contributed by atoms with E-state index >= 15 is 0 Å². The highest BCUT2D eigenvalue weighted by Crippen LogP contribution is 1.82. The van der Waals surface area contributed by atoms with E-state index in [1.807, 2.05) is 13.8 Å². The van der Waals surface area contributed by atoms with E-state index in [0.29, 0.717) is 0 Å². The number of amidine groups is 1. The Morgan fingerprint density at radius 2 is 1.92 bits per heavy atom. The summed E-state index contributed by atoms with van der Waals surface area (Å²) in [6.07, 6.45) is 0.0255. The van der Waals surface area contributed by atoms with Crippen molar-refractivity contribution in [2.45, 2.75) is 20.0 Å². The van der Waals surface area contributed by atoms with Crippen LogP contribution in [0.15, 0.2) is 0 Å². The molecule has 0 amide bonds. The smallest absolute Gasteiger partial charge is 0.279 e. The van der Waals surface area contributed by atoms with Gasteiger partial charge in [-0.2, -0.15) is 0 Å². The van der Waals surface area contributed by atoms with E-state index in [4.69, 9.17) is 28.7 Å². The number of hydrogen-bond donors (Lipinski definition) is 3. The lowest BCUT2D eigenvalue weighted by Gasteiger charge is -2.04. The van der Waals surface area contributed by atoms with E-state index in [0.717, 1.165) is 0 Å². The minimum Gasteiger partial charge on any atom is -0.726 e. The van der Waals surface area contributed by atoms with Gasteiger partial charge in [0, 0.05) is 0 Å². The first-order valence-electron chi connectivity index (χ1n) is 2.82. The molecule has 0 spiro atoms. The average Bonchev–Trinajstić information content (AvgIpc) is 1.52. The van der Waals surface area contributed by atoms with Crippen molar-refractivity contribution in [2.24, 2.45) is 5.73 Å². The topological polar surface area (TPSA) is 137 Å². The maximum absolute atomic E-state index is 8.63. The largest absolute Gasteiger partial charge is 0.726 e. The Balaban J connectivity index is 0. The first kappa shape index (κ1) is 13.7. The molecule has 4 N–H and O–H groups in total. The number of rotatable bonds is 1. The molecule has 0 atom stereocenters. The number of hydrogen-bond acceptors (Lipinski definition) is 5. The van der Waals surface area contributed by atoms with Crippen molar-refractivity contribution in [1.29, 1.82) is 5.41 Å². The third-order valence-electron chi connectivity index (χ3n) is 0.363. The van der Waals surface area contributed by atoms with Crippen LogP contribution in [0.1, 0.15) is 13.8 Å². The van der Waals surface area contributed by atoms with Gasteiger partial charge < -0.3 is 15.0 Å². The fraction of sp³-hybridized carbons (Fsp3) is 0.750. The van der Waals surface area contributed by atoms with Crippen LogP contribution in [0.2, 0.25) is 0 Å². The number of ether oxygens (including phenoxy) is 1. The molecule has 0 radical (unpaired) electrons. The van der Waals surface area contributed by atoms with Crippen molar-refractivity contribution < 1.29 is 22.3 Å². The maximum Gasteiger partial charge on any atom is 0.279 e. The molecule has 0 unspecified atom stereocenters. The van der Waals surface area contributed by atoms with Crippen molar-refractivity contribution >= 4 is 16.4 Å². The van der Waals surface area contributed by atoms with Crippen LogP contribution in [0.25, 0.3) is 0 Å². The van der Waals surface area contributed by atoms with Gasteiger partial charge in [0.2, 0.25) is 10.4 Å². The average molecular weight is 199 g/mol. The van der Waals surface area contributed by atoms with Gasteiger partial charge in [-0.05, 0) is 13.8 Å². The summed E-state index contributed by atoms with van der Waals surface area (Å²) in [5, 5.41) is 6.58. The summed E-state index contributed by atoms with van der Waals surface area (Å²) in [6.45, 7) is 3.64. The Hall–Kier alpha value is -0.860. The van der Waals surface area contributed by atoms with Gasteiger partial charge in [0.25, 0.3) is 6.02 Å². The van der Waals surface area contributed by atoms with Gasteiger partial charge in [-0.15, -0.1) is 0 Å². The Bertz CT molecular complexity index is 214. The van der Waals surface area contributed by atoms with Crippen molar-refractivity contribution in [3.8, 4) is 0 Å². The molecule has 0 aliphatic heterocycles. The molecule has 74 valence electrons. The highest BCUT2D eigenvalue weighted by molar-refractivity contribution is 7.79. The van der Waals surface area contributed by atoms with Crippen LogP contribution in [0.5, 0.6) is 0 Å². The number of nitrogens with two attached hydrogens (primary N) is 1. The molecule has 0 saturated heterocycles. The molecule has 0 fully saturated rings. The third-order valence-corrected chi connectivity index (χ3v) is 0.363. The second-order valence-electron chi connectivity index (χ2n) is 1.96. The van der Waals surface area contributed by atoms with Gasteiger partial charge in [0.15, 0.2) is 0 Å². The van der Waals surface area contributed by atoms with Crippen LogP contribution in [0.4, 0.5) is 0 Å². The molecule has 0 aromatic carbocycles. The molecule has 0 bridgehead atoms. The van der Waals surface area contributed by atoms with E-state index in [9.17, 15) is 0 Å². The summed E-state index contributed by atoms with van der Waals surface area (Å²) in [7, 11) is -4.92. The zero-order valence-corrected chi connectivity index (χ0v) is 7.46. The van der Waals surface area contributed by atoms with Gasteiger partial charge in [-0.25, -0.2) is 8.42 Å². The molecule has 12 heavy (non-hydrogen) atoms. The lowest BCUT2D eigenvalue weighted by Crippen LogP contribution is -2.18. The van der Waals surface area contributed by atoms with Gasteiger partial charge in [-0.1, -0.05) is 0 Å². The quantitative estimate of drug-likeness (QED) is 0.221. The first-order valence-corrected chi connectivity index (χ1v) is 4.18. The summed E-state index contributed by atoms with van der Waals surface area (Å²) >= 11 is 0. The summed E-state index contributed by atoms with van der Waals surface area (Å²) in [5.41, 5.74) is 4.85. The summed E-state index contributed by atoms with van der Waals surface area (Å²) in [5.74, 6) is 0. The SMILES string of the molecule is CC(C)OC(=N)N.O=S(=O)([O-])O. The van der Waals surface area contributed by atoms with Crippen molar-refractivity contribution in [2.75, 3.05) is 0 Å². The Morgan fingerprint density at radius 1 is 1.67 bits per heavy atom. The molecule has 0 aromatic heterocycles. The second kappa shape index (κ2) is 5.75. The molecule has 0 aliphatic rings. The molecular weight excluding hydrogens is 188 g/mol. The minimum atomic E-state index is -4.92. The monoisotopic (exact) mass is 199 g/mol. The predicted molar refractivity (Wildman–Crippen MR) is 40.5 cm³/mol. The fourth-order valence-corrected chi connectivity index (χ4v) is 0.254.